The van der Waals surface area contributed by atoms with E-state index in [1.165, 1.54) is 0 Å². The van der Waals surface area contributed by atoms with E-state index in [2.05, 4.69) is 29.8 Å². The van der Waals surface area contributed by atoms with Crippen LogP contribution in [0.15, 0.2) is 0 Å². The fourth-order valence-electron chi connectivity index (χ4n) is 2.26. The first-order chi connectivity index (χ1) is 7.99. The van der Waals surface area contributed by atoms with Gasteiger partial charge in [-0.25, -0.2) is 8.42 Å². The maximum Gasteiger partial charge on any atom is 0.153 e. The molecule has 0 radical (unpaired) electrons. The Morgan fingerprint density at radius 3 is 2.18 bits per heavy atom. The molecule has 0 N–H and O–H groups in total. The minimum atomic E-state index is -2.99. The van der Waals surface area contributed by atoms with Gasteiger partial charge in [0.1, 0.15) is 0 Å². The van der Waals surface area contributed by atoms with E-state index in [1.54, 1.807) is 0 Å². The van der Waals surface area contributed by atoms with Crippen molar-refractivity contribution in [2.24, 2.45) is 5.41 Å². The third kappa shape index (κ3) is 3.93. The van der Waals surface area contributed by atoms with Crippen molar-refractivity contribution in [1.29, 1.82) is 0 Å². The molecule has 1 saturated heterocycles. The standard InChI is InChI=1S/C12H23BrO3S/c1-3-12(4-2,9-13)10-17(14,15)11-5-7-16-8-6-11/h11H,3-10H2,1-2H3. The van der Waals surface area contributed by atoms with E-state index in [1.807, 2.05) is 0 Å². The topological polar surface area (TPSA) is 43.4 Å². The fourth-order valence-corrected chi connectivity index (χ4v) is 6.03. The molecular formula is C12H23BrO3S. The summed E-state index contributed by atoms with van der Waals surface area (Å²) in [6.07, 6.45) is 3.12. The lowest BCUT2D eigenvalue weighted by Gasteiger charge is -2.32. The Bertz CT molecular complexity index is 308. The molecule has 5 heteroatoms. The second-order valence-corrected chi connectivity index (χ2v) is 7.80. The lowest BCUT2D eigenvalue weighted by molar-refractivity contribution is 0.0981. The van der Waals surface area contributed by atoms with Crippen molar-refractivity contribution in [3.8, 4) is 0 Å². The lowest BCUT2D eigenvalue weighted by atomic mass is 9.87. The van der Waals surface area contributed by atoms with Gasteiger partial charge in [0.05, 0.1) is 11.0 Å². The van der Waals surface area contributed by atoms with Gasteiger partial charge in [-0.2, -0.15) is 0 Å². The monoisotopic (exact) mass is 326 g/mol. The number of ether oxygens (including phenoxy) is 1. The summed E-state index contributed by atoms with van der Waals surface area (Å²) < 4.78 is 30.0. The summed E-state index contributed by atoms with van der Waals surface area (Å²) in [4.78, 5) is 0. The molecule has 1 rings (SSSR count). The molecule has 0 spiro atoms. The predicted molar refractivity (Wildman–Crippen MR) is 74.4 cm³/mol. The summed E-state index contributed by atoms with van der Waals surface area (Å²) in [6.45, 7) is 5.32. The van der Waals surface area contributed by atoms with Crippen LogP contribution in [0.5, 0.6) is 0 Å². The van der Waals surface area contributed by atoms with Gasteiger partial charge in [-0.1, -0.05) is 29.8 Å². The average Bonchev–Trinajstić information content (AvgIpc) is 2.37. The van der Waals surface area contributed by atoms with Crippen molar-refractivity contribution in [3.63, 3.8) is 0 Å². The predicted octanol–water partition coefficient (Wildman–Crippen LogP) is 2.78. The van der Waals surface area contributed by atoms with E-state index in [0.29, 0.717) is 31.8 Å². The molecule has 0 bridgehead atoms. The Kier molecular flexibility index (Phi) is 5.93. The largest absolute Gasteiger partial charge is 0.381 e. The maximum atomic E-state index is 12.4. The zero-order chi connectivity index (χ0) is 12.9. The van der Waals surface area contributed by atoms with E-state index in [-0.39, 0.29) is 10.7 Å². The fraction of sp³-hybridized carbons (Fsp3) is 1.00. The molecule has 0 aromatic heterocycles. The van der Waals surface area contributed by atoms with Gasteiger partial charge in [0.2, 0.25) is 0 Å². The molecular weight excluding hydrogens is 304 g/mol. The van der Waals surface area contributed by atoms with E-state index >= 15 is 0 Å². The smallest absolute Gasteiger partial charge is 0.153 e. The molecule has 17 heavy (non-hydrogen) atoms. The summed E-state index contributed by atoms with van der Waals surface area (Å²) in [5, 5.41) is 0.572. The molecule has 0 aromatic rings. The second kappa shape index (κ2) is 6.53. The van der Waals surface area contributed by atoms with Crippen LogP contribution in [0.3, 0.4) is 0 Å². The molecule has 3 nitrogen and oxygen atoms in total. The minimum absolute atomic E-state index is 0.100. The summed E-state index contributed by atoms with van der Waals surface area (Å²) in [7, 11) is -2.99. The quantitative estimate of drug-likeness (QED) is 0.705. The van der Waals surface area contributed by atoms with Crippen LogP contribution in [-0.2, 0) is 14.6 Å². The first-order valence-corrected chi connectivity index (χ1v) is 9.18. The second-order valence-electron chi connectivity index (χ2n) is 4.96. The molecule has 1 fully saturated rings. The minimum Gasteiger partial charge on any atom is -0.381 e. The van der Waals surface area contributed by atoms with E-state index in [0.717, 1.165) is 18.2 Å². The van der Waals surface area contributed by atoms with Crippen LogP contribution in [0.2, 0.25) is 0 Å². The highest BCUT2D eigenvalue weighted by Gasteiger charge is 2.36. The van der Waals surface area contributed by atoms with E-state index < -0.39 is 9.84 Å². The van der Waals surface area contributed by atoms with Crippen LogP contribution >= 0.6 is 15.9 Å². The lowest BCUT2D eigenvalue weighted by Crippen LogP contribution is -2.38. The molecule has 0 unspecified atom stereocenters. The Balaban J connectivity index is 2.76. The highest BCUT2D eigenvalue weighted by Crippen LogP contribution is 2.33. The molecule has 1 aliphatic heterocycles. The van der Waals surface area contributed by atoms with Gasteiger partial charge in [0, 0.05) is 18.5 Å². The van der Waals surface area contributed by atoms with Crippen LogP contribution in [-0.4, -0.2) is 38.0 Å². The zero-order valence-corrected chi connectivity index (χ0v) is 13.1. The average molecular weight is 327 g/mol. The van der Waals surface area contributed by atoms with Gasteiger partial charge < -0.3 is 4.74 Å². The first kappa shape index (κ1) is 15.4. The summed E-state index contributed by atoms with van der Waals surface area (Å²) in [6, 6.07) is 0. The molecule has 0 amide bonds. The Morgan fingerprint density at radius 2 is 1.76 bits per heavy atom. The van der Waals surface area contributed by atoms with Crippen LogP contribution in [0.1, 0.15) is 39.5 Å². The molecule has 0 atom stereocenters. The molecule has 0 saturated carbocycles. The SMILES string of the molecule is CCC(CC)(CBr)CS(=O)(=O)C1CCOCC1. The Labute approximate surface area is 113 Å². The molecule has 102 valence electrons. The van der Waals surface area contributed by atoms with Crippen LogP contribution in [0.4, 0.5) is 0 Å². The van der Waals surface area contributed by atoms with Crippen LogP contribution in [0, 0.1) is 5.41 Å². The number of sulfone groups is 1. The Hall–Kier alpha value is 0.390. The third-order valence-electron chi connectivity index (χ3n) is 3.97. The summed E-state index contributed by atoms with van der Waals surface area (Å²) >= 11 is 3.48. The zero-order valence-electron chi connectivity index (χ0n) is 10.7. The third-order valence-corrected chi connectivity index (χ3v) is 7.66. The van der Waals surface area contributed by atoms with Crippen molar-refractivity contribution in [3.05, 3.63) is 0 Å². The molecule has 0 aliphatic carbocycles. The number of rotatable bonds is 6. The van der Waals surface area contributed by atoms with Gasteiger partial charge in [0.25, 0.3) is 0 Å². The van der Waals surface area contributed by atoms with Crippen molar-refractivity contribution in [2.45, 2.75) is 44.8 Å². The molecule has 0 aromatic carbocycles. The van der Waals surface area contributed by atoms with Gasteiger partial charge in [-0.3, -0.25) is 0 Å². The summed E-state index contributed by atoms with van der Waals surface area (Å²) in [5.74, 6) is 0.308. The van der Waals surface area contributed by atoms with Crippen molar-refractivity contribution < 1.29 is 13.2 Å². The summed E-state index contributed by atoms with van der Waals surface area (Å²) in [5.41, 5.74) is -0.100. The van der Waals surface area contributed by atoms with Crippen molar-refractivity contribution in [2.75, 3.05) is 24.3 Å². The number of alkyl halides is 1. The van der Waals surface area contributed by atoms with E-state index in [9.17, 15) is 8.42 Å². The van der Waals surface area contributed by atoms with Gasteiger partial charge >= 0.3 is 0 Å². The highest BCUT2D eigenvalue weighted by atomic mass is 79.9. The molecule has 1 aliphatic rings. The number of hydrogen-bond acceptors (Lipinski definition) is 3. The Morgan fingerprint density at radius 1 is 1.24 bits per heavy atom. The highest BCUT2D eigenvalue weighted by molar-refractivity contribution is 9.09. The normalized spacial score (nSPS) is 19.5. The van der Waals surface area contributed by atoms with Crippen molar-refractivity contribution in [1.82, 2.24) is 0 Å². The van der Waals surface area contributed by atoms with E-state index in [4.69, 9.17) is 4.74 Å². The van der Waals surface area contributed by atoms with Gasteiger partial charge in [-0.05, 0) is 31.1 Å². The van der Waals surface area contributed by atoms with Gasteiger partial charge in [0.15, 0.2) is 9.84 Å². The van der Waals surface area contributed by atoms with Crippen molar-refractivity contribution >= 4 is 25.8 Å². The number of hydrogen-bond donors (Lipinski definition) is 0. The number of halogens is 1. The van der Waals surface area contributed by atoms with Gasteiger partial charge in [-0.15, -0.1) is 0 Å². The molecule has 1 heterocycles. The van der Waals surface area contributed by atoms with Crippen LogP contribution in [0.25, 0.3) is 0 Å². The first-order valence-electron chi connectivity index (χ1n) is 6.35. The maximum absolute atomic E-state index is 12.4. The van der Waals surface area contributed by atoms with Crippen LogP contribution < -0.4 is 0 Å².